The SMILES string of the molecule is CCOC(C)C(=O)NCCc1ccc(C(=O)O)cc1OC. The van der Waals surface area contributed by atoms with Crippen molar-refractivity contribution in [3.63, 3.8) is 0 Å². The number of amides is 1. The van der Waals surface area contributed by atoms with Crippen LogP contribution in [0.2, 0.25) is 0 Å². The Morgan fingerprint density at radius 2 is 2.10 bits per heavy atom. The quantitative estimate of drug-likeness (QED) is 0.758. The van der Waals surface area contributed by atoms with E-state index in [-0.39, 0.29) is 11.5 Å². The molecule has 1 unspecified atom stereocenters. The zero-order valence-corrected chi connectivity index (χ0v) is 12.5. The second kappa shape index (κ2) is 8.26. The summed E-state index contributed by atoms with van der Waals surface area (Å²) in [5.74, 6) is -0.668. The molecule has 0 spiro atoms. The third-order valence-corrected chi connectivity index (χ3v) is 3.01. The van der Waals surface area contributed by atoms with E-state index in [2.05, 4.69) is 5.32 Å². The fourth-order valence-electron chi connectivity index (χ4n) is 1.87. The highest BCUT2D eigenvalue weighted by Gasteiger charge is 2.13. The Morgan fingerprint density at radius 3 is 2.67 bits per heavy atom. The molecule has 0 aromatic heterocycles. The van der Waals surface area contributed by atoms with Gasteiger partial charge in [0, 0.05) is 13.2 Å². The topological polar surface area (TPSA) is 84.9 Å². The van der Waals surface area contributed by atoms with Crippen LogP contribution in [0.1, 0.15) is 29.8 Å². The number of carboxylic acids is 1. The van der Waals surface area contributed by atoms with E-state index >= 15 is 0 Å². The Bertz CT molecular complexity index is 501. The number of benzene rings is 1. The maximum atomic E-state index is 11.7. The van der Waals surface area contributed by atoms with Crippen LogP contribution in [-0.2, 0) is 16.0 Å². The molecular weight excluding hydrogens is 274 g/mol. The zero-order valence-electron chi connectivity index (χ0n) is 12.5. The molecule has 1 aromatic carbocycles. The zero-order chi connectivity index (χ0) is 15.8. The van der Waals surface area contributed by atoms with Crippen molar-refractivity contribution < 1.29 is 24.2 Å². The van der Waals surface area contributed by atoms with Crippen LogP contribution in [0.4, 0.5) is 0 Å². The van der Waals surface area contributed by atoms with Gasteiger partial charge in [0.15, 0.2) is 0 Å². The van der Waals surface area contributed by atoms with Crippen LogP contribution in [0.15, 0.2) is 18.2 Å². The van der Waals surface area contributed by atoms with Gasteiger partial charge in [-0.15, -0.1) is 0 Å². The first-order valence-corrected chi connectivity index (χ1v) is 6.79. The van der Waals surface area contributed by atoms with Gasteiger partial charge in [0.25, 0.3) is 0 Å². The number of methoxy groups -OCH3 is 1. The minimum absolute atomic E-state index is 0.169. The van der Waals surface area contributed by atoms with E-state index in [4.69, 9.17) is 14.6 Å². The molecule has 0 heterocycles. The first kappa shape index (κ1) is 17.0. The standard InChI is InChI=1S/C15H21NO5/c1-4-21-10(2)14(17)16-8-7-11-5-6-12(15(18)19)9-13(11)20-3/h5-6,9-10H,4,7-8H2,1-3H3,(H,16,17)(H,18,19). The first-order chi connectivity index (χ1) is 9.99. The molecule has 1 atom stereocenters. The lowest BCUT2D eigenvalue weighted by Crippen LogP contribution is -2.35. The molecule has 6 heteroatoms. The number of hydrogen-bond acceptors (Lipinski definition) is 4. The Morgan fingerprint density at radius 1 is 1.38 bits per heavy atom. The van der Waals surface area contributed by atoms with Crippen LogP contribution in [-0.4, -0.2) is 43.3 Å². The number of carbonyl (C=O) groups excluding carboxylic acids is 1. The van der Waals surface area contributed by atoms with Gasteiger partial charge in [-0.25, -0.2) is 4.79 Å². The molecule has 0 saturated carbocycles. The van der Waals surface area contributed by atoms with Gasteiger partial charge in [-0.05, 0) is 38.0 Å². The van der Waals surface area contributed by atoms with Gasteiger partial charge in [-0.2, -0.15) is 0 Å². The van der Waals surface area contributed by atoms with Gasteiger partial charge < -0.3 is 19.9 Å². The Hall–Kier alpha value is -2.08. The van der Waals surface area contributed by atoms with Crippen molar-refractivity contribution in [2.24, 2.45) is 0 Å². The molecule has 0 bridgehead atoms. The van der Waals surface area contributed by atoms with Gasteiger partial charge in [0.05, 0.1) is 12.7 Å². The van der Waals surface area contributed by atoms with Crippen molar-refractivity contribution in [2.75, 3.05) is 20.3 Å². The van der Waals surface area contributed by atoms with Gasteiger partial charge in [0.2, 0.25) is 5.91 Å². The Kier molecular flexibility index (Phi) is 6.68. The van der Waals surface area contributed by atoms with Crippen molar-refractivity contribution in [2.45, 2.75) is 26.4 Å². The molecule has 0 saturated heterocycles. The number of ether oxygens (including phenoxy) is 2. The predicted octanol–water partition coefficient (Wildman–Crippen LogP) is 1.48. The summed E-state index contributed by atoms with van der Waals surface area (Å²) < 4.78 is 10.4. The van der Waals surface area contributed by atoms with Crippen molar-refractivity contribution in [1.29, 1.82) is 0 Å². The summed E-state index contributed by atoms with van der Waals surface area (Å²) in [6.07, 6.45) is 0.0690. The number of rotatable bonds is 8. The summed E-state index contributed by atoms with van der Waals surface area (Å²) in [5.41, 5.74) is 1.01. The normalized spacial score (nSPS) is 11.8. The van der Waals surface area contributed by atoms with E-state index in [0.717, 1.165) is 5.56 Å². The minimum Gasteiger partial charge on any atom is -0.496 e. The molecule has 0 fully saturated rings. The van der Waals surface area contributed by atoms with E-state index in [9.17, 15) is 9.59 Å². The fourth-order valence-corrected chi connectivity index (χ4v) is 1.87. The number of carbonyl (C=O) groups is 2. The van der Waals surface area contributed by atoms with Crippen LogP contribution in [0.25, 0.3) is 0 Å². The largest absolute Gasteiger partial charge is 0.496 e. The third kappa shape index (κ3) is 5.07. The van der Waals surface area contributed by atoms with Crippen LogP contribution >= 0.6 is 0 Å². The lowest BCUT2D eigenvalue weighted by molar-refractivity contribution is -0.131. The van der Waals surface area contributed by atoms with Crippen LogP contribution < -0.4 is 10.1 Å². The fraction of sp³-hybridized carbons (Fsp3) is 0.467. The minimum atomic E-state index is -1.00. The summed E-state index contributed by atoms with van der Waals surface area (Å²) in [4.78, 5) is 22.6. The second-order valence-electron chi connectivity index (χ2n) is 4.47. The van der Waals surface area contributed by atoms with Gasteiger partial charge in [0.1, 0.15) is 11.9 Å². The smallest absolute Gasteiger partial charge is 0.335 e. The van der Waals surface area contributed by atoms with E-state index in [0.29, 0.717) is 25.3 Å². The summed E-state index contributed by atoms with van der Waals surface area (Å²) in [5, 5.41) is 11.7. The highest BCUT2D eigenvalue weighted by Crippen LogP contribution is 2.20. The van der Waals surface area contributed by atoms with Crippen LogP contribution in [0.5, 0.6) is 5.75 Å². The van der Waals surface area contributed by atoms with Crippen molar-refractivity contribution in [3.05, 3.63) is 29.3 Å². The van der Waals surface area contributed by atoms with Crippen LogP contribution in [0, 0.1) is 0 Å². The molecule has 0 radical (unpaired) electrons. The Balaban J connectivity index is 2.59. The first-order valence-electron chi connectivity index (χ1n) is 6.79. The summed E-state index contributed by atoms with van der Waals surface area (Å²) in [6, 6.07) is 4.69. The molecule has 1 rings (SSSR count). The number of nitrogens with one attached hydrogen (secondary N) is 1. The predicted molar refractivity (Wildman–Crippen MR) is 77.8 cm³/mol. The monoisotopic (exact) mass is 295 g/mol. The molecule has 0 aliphatic heterocycles. The van der Waals surface area contributed by atoms with Crippen molar-refractivity contribution in [3.8, 4) is 5.75 Å². The van der Waals surface area contributed by atoms with E-state index in [1.807, 2.05) is 6.92 Å². The average Bonchev–Trinajstić information content (AvgIpc) is 2.47. The molecule has 21 heavy (non-hydrogen) atoms. The maximum absolute atomic E-state index is 11.7. The lowest BCUT2D eigenvalue weighted by atomic mass is 10.1. The second-order valence-corrected chi connectivity index (χ2v) is 4.47. The summed E-state index contributed by atoms with van der Waals surface area (Å²) in [6.45, 7) is 4.44. The lowest BCUT2D eigenvalue weighted by Gasteiger charge is -2.13. The molecule has 1 aromatic rings. The number of aromatic carboxylic acids is 1. The van der Waals surface area contributed by atoms with Crippen LogP contribution in [0.3, 0.4) is 0 Å². The molecule has 116 valence electrons. The molecule has 0 aliphatic carbocycles. The van der Waals surface area contributed by atoms with Gasteiger partial charge >= 0.3 is 5.97 Å². The van der Waals surface area contributed by atoms with E-state index in [1.54, 1.807) is 13.0 Å². The molecule has 0 aliphatic rings. The highest BCUT2D eigenvalue weighted by atomic mass is 16.5. The van der Waals surface area contributed by atoms with E-state index in [1.165, 1.54) is 19.2 Å². The summed E-state index contributed by atoms with van der Waals surface area (Å²) >= 11 is 0. The van der Waals surface area contributed by atoms with Gasteiger partial charge in [-0.3, -0.25) is 4.79 Å². The molecule has 1 amide bonds. The molecule has 6 nitrogen and oxygen atoms in total. The number of hydrogen-bond donors (Lipinski definition) is 2. The van der Waals surface area contributed by atoms with Crippen molar-refractivity contribution in [1.82, 2.24) is 5.32 Å². The maximum Gasteiger partial charge on any atom is 0.335 e. The summed E-state index contributed by atoms with van der Waals surface area (Å²) in [7, 11) is 1.49. The highest BCUT2D eigenvalue weighted by molar-refractivity contribution is 5.88. The third-order valence-electron chi connectivity index (χ3n) is 3.01. The Labute approximate surface area is 124 Å². The van der Waals surface area contributed by atoms with Gasteiger partial charge in [-0.1, -0.05) is 6.07 Å². The molecular formula is C15H21NO5. The molecule has 2 N–H and O–H groups in total. The van der Waals surface area contributed by atoms with E-state index < -0.39 is 12.1 Å². The number of carboxylic acid groups (broad SMARTS) is 1. The van der Waals surface area contributed by atoms with Crippen molar-refractivity contribution >= 4 is 11.9 Å². The average molecular weight is 295 g/mol.